The molecule has 0 spiro atoms. The van der Waals surface area contributed by atoms with Crippen molar-refractivity contribution in [3.8, 4) is 0 Å². The van der Waals surface area contributed by atoms with Crippen LogP contribution in [0.3, 0.4) is 0 Å². The lowest BCUT2D eigenvalue weighted by Gasteiger charge is -2.40. The van der Waals surface area contributed by atoms with Crippen LogP contribution in [0.15, 0.2) is 0 Å². The smallest absolute Gasteiger partial charge is 0.150 e. The Morgan fingerprint density at radius 3 is 2.50 bits per heavy atom. The summed E-state index contributed by atoms with van der Waals surface area (Å²) in [5.74, 6) is 1.82. The lowest BCUT2D eigenvalue weighted by Crippen LogP contribution is -2.59. The summed E-state index contributed by atoms with van der Waals surface area (Å²) in [5, 5.41) is 7.70. The molecule has 3 unspecified atom stereocenters. The van der Waals surface area contributed by atoms with Crippen LogP contribution < -0.4 is 10.6 Å². The first-order valence-electron chi connectivity index (χ1n) is 9.36. The maximum Gasteiger partial charge on any atom is 0.150 e. The summed E-state index contributed by atoms with van der Waals surface area (Å²) in [6, 6.07) is 0.396. The Morgan fingerprint density at radius 1 is 1.12 bits per heavy atom. The molecule has 0 aromatic heterocycles. The van der Waals surface area contributed by atoms with Crippen LogP contribution in [0.25, 0.3) is 0 Å². The molecule has 4 atom stereocenters. The summed E-state index contributed by atoms with van der Waals surface area (Å²) in [4.78, 5) is 0. The van der Waals surface area contributed by atoms with Crippen molar-refractivity contribution in [3.63, 3.8) is 0 Å². The van der Waals surface area contributed by atoms with Crippen LogP contribution in [0.5, 0.6) is 0 Å². The molecular weight excluding hydrogens is 344 g/mol. The number of ether oxygens (including phenoxy) is 1. The van der Waals surface area contributed by atoms with Crippen molar-refractivity contribution < 1.29 is 13.2 Å². The Balaban J connectivity index is 1.47. The van der Waals surface area contributed by atoms with Gasteiger partial charge in [-0.2, -0.15) is 11.8 Å². The van der Waals surface area contributed by atoms with E-state index in [2.05, 4.69) is 17.6 Å². The second-order valence-corrected chi connectivity index (χ2v) is 11.4. The second kappa shape index (κ2) is 8.25. The van der Waals surface area contributed by atoms with Gasteiger partial charge in [0.2, 0.25) is 0 Å². The lowest BCUT2D eigenvalue weighted by molar-refractivity contribution is -0.0428. The van der Waals surface area contributed by atoms with Gasteiger partial charge in [-0.15, -0.1) is 0 Å². The summed E-state index contributed by atoms with van der Waals surface area (Å²) in [6.07, 6.45) is 7.94. The highest BCUT2D eigenvalue weighted by atomic mass is 32.2. The third-order valence-corrected chi connectivity index (χ3v) is 9.11. The molecule has 3 aliphatic rings. The van der Waals surface area contributed by atoms with Gasteiger partial charge >= 0.3 is 0 Å². The topological polar surface area (TPSA) is 67.4 Å². The van der Waals surface area contributed by atoms with Gasteiger partial charge in [-0.1, -0.05) is 0 Å². The molecule has 5 nitrogen and oxygen atoms in total. The zero-order valence-electron chi connectivity index (χ0n) is 14.9. The minimum Gasteiger partial charge on any atom is -0.358 e. The number of thioether (sulfide) groups is 1. The molecule has 2 aliphatic heterocycles. The SMILES string of the molecule is C[C@H](OC1CNCC(C2CCC(S(C)(=O)=O)CC2)N1)C1CCCS1. The fraction of sp³-hybridized carbons (Fsp3) is 1.00. The van der Waals surface area contributed by atoms with Gasteiger partial charge in [0.25, 0.3) is 0 Å². The van der Waals surface area contributed by atoms with E-state index in [-0.39, 0.29) is 17.6 Å². The molecule has 0 aromatic carbocycles. The Kier molecular flexibility index (Phi) is 6.52. The fourth-order valence-corrected chi connectivity index (χ4v) is 6.79. The first kappa shape index (κ1) is 19.0. The maximum absolute atomic E-state index is 11.7. The zero-order valence-corrected chi connectivity index (χ0v) is 16.5. The standard InChI is InChI=1S/C17H32N2O3S2/c1-12(16-4-3-9-23-16)22-17-11-18-10-15(19-17)13-5-7-14(8-6-13)24(2,20)21/h12-19H,3-11H2,1-2H3/t12-,13?,14?,15?,16?,17?/m0/s1. The predicted molar refractivity (Wildman–Crippen MR) is 100 cm³/mol. The van der Waals surface area contributed by atoms with Crippen LogP contribution >= 0.6 is 11.8 Å². The normalized spacial score (nSPS) is 39.7. The molecule has 2 saturated heterocycles. The van der Waals surface area contributed by atoms with Crippen molar-refractivity contribution in [2.45, 2.75) is 74.3 Å². The molecule has 0 radical (unpaired) electrons. The molecule has 0 aromatic rings. The van der Waals surface area contributed by atoms with E-state index in [0.717, 1.165) is 38.8 Å². The molecule has 7 heteroatoms. The first-order chi connectivity index (χ1) is 11.4. The lowest BCUT2D eigenvalue weighted by atomic mass is 9.83. The van der Waals surface area contributed by atoms with E-state index in [0.29, 0.717) is 17.2 Å². The number of piperazine rings is 1. The number of sulfone groups is 1. The van der Waals surface area contributed by atoms with Crippen molar-refractivity contribution in [2.24, 2.45) is 5.92 Å². The van der Waals surface area contributed by atoms with Crippen LogP contribution in [-0.4, -0.2) is 62.4 Å². The van der Waals surface area contributed by atoms with Crippen molar-refractivity contribution in [1.29, 1.82) is 0 Å². The Bertz CT molecular complexity index is 500. The second-order valence-electron chi connectivity index (χ2n) is 7.68. The Morgan fingerprint density at radius 2 is 1.88 bits per heavy atom. The highest BCUT2D eigenvalue weighted by Crippen LogP contribution is 2.32. The van der Waals surface area contributed by atoms with Crippen molar-refractivity contribution in [3.05, 3.63) is 0 Å². The third kappa shape index (κ3) is 4.87. The van der Waals surface area contributed by atoms with Gasteiger partial charge in [-0.3, -0.25) is 5.32 Å². The summed E-state index contributed by atoms with van der Waals surface area (Å²) in [5.41, 5.74) is 0. The monoisotopic (exact) mass is 376 g/mol. The van der Waals surface area contributed by atoms with Crippen LogP contribution in [-0.2, 0) is 14.6 Å². The summed E-state index contributed by atoms with van der Waals surface area (Å²) in [6.45, 7) is 4.02. The van der Waals surface area contributed by atoms with Crippen molar-refractivity contribution in [2.75, 3.05) is 25.1 Å². The molecule has 2 heterocycles. The van der Waals surface area contributed by atoms with Gasteiger partial charge in [0.05, 0.1) is 11.4 Å². The number of hydrogen-bond donors (Lipinski definition) is 2. The van der Waals surface area contributed by atoms with Gasteiger partial charge in [-0.25, -0.2) is 8.42 Å². The molecule has 3 fully saturated rings. The summed E-state index contributed by atoms with van der Waals surface area (Å²) in [7, 11) is -2.88. The van der Waals surface area contributed by atoms with E-state index in [1.165, 1.54) is 24.9 Å². The molecule has 3 rings (SSSR count). The van der Waals surface area contributed by atoms with E-state index >= 15 is 0 Å². The van der Waals surface area contributed by atoms with E-state index < -0.39 is 9.84 Å². The highest BCUT2D eigenvalue weighted by Gasteiger charge is 2.35. The van der Waals surface area contributed by atoms with Gasteiger partial charge in [0.15, 0.2) is 0 Å². The maximum atomic E-state index is 11.7. The average molecular weight is 377 g/mol. The fourth-order valence-electron chi connectivity index (χ4n) is 4.36. The summed E-state index contributed by atoms with van der Waals surface area (Å²) >= 11 is 2.04. The van der Waals surface area contributed by atoms with Crippen molar-refractivity contribution in [1.82, 2.24) is 10.6 Å². The molecule has 2 N–H and O–H groups in total. The van der Waals surface area contributed by atoms with Crippen LogP contribution in [0.4, 0.5) is 0 Å². The van der Waals surface area contributed by atoms with Gasteiger partial charge < -0.3 is 10.1 Å². The van der Waals surface area contributed by atoms with Crippen molar-refractivity contribution >= 4 is 21.6 Å². The zero-order chi connectivity index (χ0) is 17.2. The Hall–Kier alpha value is 0.180. The first-order valence-corrected chi connectivity index (χ1v) is 12.4. The number of rotatable bonds is 5. The highest BCUT2D eigenvalue weighted by molar-refractivity contribution is 8.00. The molecular formula is C17H32N2O3S2. The third-order valence-electron chi connectivity index (χ3n) is 5.85. The molecule has 1 aliphatic carbocycles. The minimum atomic E-state index is -2.88. The molecule has 0 bridgehead atoms. The predicted octanol–water partition coefficient (Wildman–Crippen LogP) is 1.78. The van der Waals surface area contributed by atoms with E-state index in [4.69, 9.17) is 4.74 Å². The van der Waals surface area contributed by atoms with E-state index in [1.807, 2.05) is 11.8 Å². The van der Waals surface area contributed by atoms with Gasteiger partial charge in [0.1, 0.15) is 16.1 Å². The number of hydrogen-bond acceptors (Lipinski definition) is 6. The molecule has 24 heavy (non-hydrogen) atoms. The Labute approximate surface area is 151 Å². The van der Waals surface area contributed by atoms with Gasteiger partial charge in [0, 0.05) is 30.6 Å². The molecule has 140 valence electrons. The average Bonchev–Trinajstić information content (AvgIpc) is 3.09. The van der Waals surface area contributed by atoms with Crippen LogP contribution in [0.1, 0.15) is 45.4 Å². The largest absolute Gasteiger partial charge is 0.358 e. The van der Waals surface area contributed by atoms with Crippen LogP contribution in [0.2, 0.25) is 0 Å². The van der Waals surface area contributed by atoms with E-state index in [1.54, 1.807) is 0 Å². The number of nitrogens with one attached hydrogen (secondary N) is 2. The quantitative estimate of drug-likeness (QED) is 0.762. The van der Waals surface area contributed by atoms with Gasteiger partial charge in [-0.05, 0) is 57.1 Å². The molecule has 1 saturated carbocycles. The summed E-state index contributed by atoms with van der Waals surface area (Å²) < 4.78 is 29.7. The van der Waals surface area contributed by atoms with E-state index in [9.17, 15) is 8.42 Å². The molecule has 0 amide bonds. The van der Waals surface area contributed by atoms with Crippen LogP contribution in [0, 0.1) is 5.92 Å². The minimum absolute atomic E-state index is 0.0765.